The first-order chi connectivity index (χ1) is 6.00. The van der Waals surface area contributed by atoms with Crippen LogP contribution < -0.4 is 15.5 Å². The average Bonchev–Trinajstić information content (AvgIpc) is 2.03. The minimum absolute atomic E-state index is 0.439. The molecule has 0 aliphatic carbocycles. The molecule has 0 fully saturated rings. The highest BCUT2D eigenvalue weighted by atomic mass is 32.1. The summed E-state index contributed by atoms with van der Waals surface area (Å²) in [6.45, 7) is 0. The molecular formula is C7H12N4OS. The van der Waals surface area contributed by atoms with E-state index in [2.05, 4.69) is 9.97 Å². The number of aromatic nitrogens is 2. The van der Waals surface area contributed by atoms with Gasteiger partial charge in [0.1, 0.15) is 0 Å². The molecule has 6 heteroatoms. The molecule has 0 spiro atoms. The number of nitrogens with zero attached hydrogens (tertiary/aromatic N) is 4. The molecule has 0 unspecified atom stereocenters. The van der Waals surface area contributed by atoms with Crippen LogP contribution in [0.2, 0.25) is 0 Å². The quantitative estimate of drug-likeness (QED) is 0.674. The molecule has 0 saturated carbocycles. The van der Waals surface area contributed by atoms with Crippen molar-refractivity contribution < 1.29 is 0 Å². The second-order valence-electron chi connectivity index (χ2n) is 2.96. The van der Waals surface area contributed by atoms with Gasteiger partial charge in [-0.25, -0.2) is 4.79 Å². The summed E-state index contributed by atoms with van der Waals surface area (Å²) in [5.74, 6) is 0. The number of anilines is 2. The maximum absolute atomic E-state index is 11.1. The van der Waals surface area contributed by atoms with Crippen LogP contribution in [-0.4, -0.2) is 38.2 Å². The van der Waals surface area contributed by atoms with Gasteiger partial charge < -0.3 is 9.80 Å². The molecule has 0 bridgehead atoms. The van der Waals surface area contributed by atoms with Crippen LogP contribution in [0.3, 0.4) is 0 Å². The normalized spacial score (nSPS) is 9.85. The van der Waals surface area contributed by atoms with E-state index in [1.54, 1.807) is 9.80 Å². The second-order valence-corrected chi connectivity index (χ2v) is 3.90. The smallest absolute Gasteiger partial charge is 0.354 e. The summed E-state index contributed by atoms with van der Waals surface area (Å²) in [4.78, 5) is 22.2. The topological polar surface area (TPSA) is 49.3 Å². The largest absolute Gasteiger partial charge is 0.372 e. The highest BCUT2D eigenvalue weighted by molar-refractivity contribution is 7.18. The lowest BCUT2D eigenvalue weighted by Crippen LogP contribution is -2.21. The molecule has 1 rings (SSSR count). The Kier molecular flexibility index (Phi) is 2.82. The third-order valence-corrected chi connectivity index (χ3v) is 2.61. The van der Waals surface area contributed by atoms with Crippen molar-refractivity contribution in [1.29, 1.82) is 0 Å². The number of rotatable bonds is 2. The van der Waals surface area contributed by atoms with Crippen LogP contribution in [0.5, 0.6) is 0 Å². The van der Waals surface area contributed by atoms with Gasteiger partial charge in [0.25, 0.3) is 0 Å². The van der Waals surface area contributed by atoms with Crippen LogP contribution in [0.4, 0.5) is 10.3 Å². The summed E-state index contributed by atoms with van der Waals surface area (Å²) in [6.07, 6.45) is 0. The fourth-order valence-electron chi connectivity index (χ4n) is 0.699. The second kappa shape index (κ2) is 3.69. The SMILES string of the molecule is CN(C)c1nc(=O)nc(N(C)C)s1. The van der Waals surface area contributed by atoms with Gasteiger partial charge in [-0.1, -0.05) is 11.3 Å². The predicted molar refractivity (Wildman–Crippen MR) is 54.8 cm³/mol. The molecule has 0 N–H and O–H groups in total. The number of hydrogen-bond acceptors (Lipinski definition) is 6. The van der Waals surface area contributed by atoms with Crippen LogP contribution in [0.1, 0.15) is 0 Å². The van der Waals surface area contributed by atoms with Gasteiger partial charge >= 0.3 is 5.69 Å². The third kappa shape index (κ3) is 2.38. The number of hydrogen-bond donors (Lipinski definition) is 0. The standard InChI is InChI=1S/C7H12N4OS/c1-10(2)6-8-5(12)9-7(13-6)11(3)4/h1-4H3. The predicted octanol–water partition coefficient (Wildman–Crippen LogP) is 0.0303. The minimum atomic E-state index is -0.439. The van der Waals surface area contributed by atoms with E-state index in [1.165, 1.54) is 11.3 Å². The van der Waals surface area contributed by atoms with E-state index in [1.807, 2.05) is 28.2 Å². The van der Waals surface area contributed by atoms with Crippen LogP contribution in [0.15, 0.2) is 4.79 Å². The summed E-state index contributed by atoms with van der Waals surface area (Å²) in [6, 6.07) is 0. The summed E-state index contributed by atoms with van der Waals surface area (Å²) in [5.41, 5.74) is -0.439. The lowest BCUT2D eigenvalue weighted by Gasteiger charge is -2.13. The maximum atomic E-state index is 11.1. The maximum Gasteiger partial charge on any atom is 0.372 e. The van der Waals surface area contributed by atoms with Crippen molar-refractivity contribution >= 4 is 21.6 Å². The molecule has 1 heterocycles. The Morgan fingerprint density at radius 3 is 1.69 bits per heavy atom. The average molecular weight is 200 g/mol. The highest BCUT2D eigenvalue weighted by Crippen LogP contribution is 2.20. The van der Waals surface area contributed by atoms with Gasteiger partial charge in [-0.15, -0.1) is 0 Å². The first-order valence-electron chi connectivity index (χ1n) is 3.74. The first kappa shape index (κ1) is 9.91. The van der Waals surface area contributed by atoms with Crippen molar-refractivity contribution in [1.82, 2.24) is 9.97 Å². The van der Waals surface area contributed by atoms with Gasteiger partial charge in [0.2, 0.25) is 0 Å². The summed E-state index contributed by atoms with van der Waals surface area (Å²) < 4.78 is 0. The summed E-state index contributed by atoms with van der Waals surface area (Å²) in [7, 11) is 7.38. The van der Waals surface area contributed by atoms with E-state index in [0.29, 0.717) is 10.3 Å². The van der Waals surface area contributed by atoms with E-state index in [0.717, 1.165) is 0 Å². The zero-order valence-electron chi connectivity index (χ0n) is 8.11. The van der Waals surface area contributed by atoms with Gasteiger partial charge in [0.15, 0.2) is 10.3 Å². The van der Waals surface area contributed by atoms with E-state index in [4.69, 9.17) is 0 Å². The molecule has 72 valence electrons. The Morgan fingerprint density at radius 1 is 1.00 bits per heavy atom. The van der Waals surface area contributed by atoms with Crippen molar-refractivity contribution in [2.75, 3.05) is 38.0 Å². The van der Waals surface area contributed by atoms with Gasteiger partial charge in [0.05, 0.1) is 0 Å². The Morgan fingerprint density at radius 2 is 1.38 bits per heavy atom. The molecule has 1 aromatic heterocycles. The molecule has 1 aromatic rings. The fourth-order valence-corrected chi connectivity index (χ4v) is 1.47. The molecule has 13 heavy (non-hydrogen) atoms. The van der Waals surface area contributed by atoms with E-state index in [9.17, 15) is 4.79 Å². The molecular weight excluding hydrogens is 188 g/mol. The molecule has 0 saturated heterocycles. The van der Waals surface area contributed by atoms with Gasteiger partial charge in [-0.2, -0.15) is 9.97 Å². The molecule has 0 atom stereocenters. The van der Waals surface area contributed by atoms with Crippen LogP contribution in [0, 0.1) is 0 Å². The Hall–Kier alpha value is -1.17. The summed E-state index contributed by atoms with van der Waals surface area (Å²) >= 11 is 1.38. The molecule has 0 amide bonds. The fraction of sp³-hybridized carbons (Fsp3) is 0.571. The molecule has 0 aliphatic heterocycles. The molecule has 5 nitrogen and oxygen atoms in total. The zero-order valence-corrected chi connectivity index (χ0v) is 8.92. The van der Waals surface area contributed by atoms with Crippen molar-refractivity contribution in [3.05, 3.63) is 10.5 Å². The van der Waals surface area contributed by atoms with Crippen LogP contribution >= 0.6 is 11.3 Å². The minimum Gasteiger partial charge on any atom is -0.354 e. The highest BCUT2D eigenvalue weighted by Gasteiger charge is 2.05. The molecule has 0 aromatic carbocycles. The van der Waals surface area contributed by atoms with E-state index >= 15 is 0 Å². The Labute approximate surface area is 80.7 Å². The van der Waals surface area contributed by atoms with Crippen molar-refractivity contribution in [3.8, 4) is 0 Å². The third-order valence-electron chi connectivity index (χ3n) is 1.33. The lowest BCUT2D eigenvalue weighted by molar-refractivity contribution is 1.00. The van der Waals surface area contributed by atoms with Crippen LogP contribution in [-0.2, 0) is 0 Å². The molecule has 0 aliphatic rings. The van der Waals surface area contributed by atoms with Crippen molar-refractivity contribution in [2.24, 2.45) is 0 Å². The van der Waals surface area contributed by atoms with Gasteiger partial charge in [0, 0.05) is 28.2 Å². The van der Waals surface area contributed by atoms with Gasteiger partial charge in [-0.3, -0.25) is 0 Å². The monoisotopic (exact) mass is 200 g/mol. The Balaban J connectivity index is 3.19. The van der Waals surface area contributed by atoms with Crippen molar-refractivity contribution in [3.63, 3.8) is 0 Å². The van der Waals surface area contributed by atoms with Gasteiger partial charge in [-0.05, 0) is 0 Å². The summed E-state index contributed by atoms with van der Waals surface area (Å²) in [5, 5.41) is 1.34. The van der Waals surface area contributed by atoms with Crippen molar-refractivity contribution in [2.45, 2.75) is 0 Å². The molecule has 0 radical (unpaired) electrons. The van der Waals surface area contributed by atoms with Crippen LogP contribution in [0.25, 0.3) is 0 Å². The van der Waals surface area contributed by atoms with E-state index in [-0.39, 0.29) is 0 Å². The Bertz CT molecular complexity index is 317. The van der Waals surface area contributed by atoms with E-state index < -0.39 is 5.69 Å². The zero-order chi connectivity index (χ0) is 10.0. The first-order valence-corrected chi connectivity index (χ1v) is 4.56. The lowest BCUT2D eigenvalue weighted by atomic mass is 10.9.